The van der Waals surface area contributed by atoms with Crippen LogP contribution in [-0.2, 0) is 12.8 Å². The van der Waals surface area contributed by atoms with Crippen LogP contribution in [0.15, 0.2) is 42.5 Å². The molecule has 1 aliphatic carbocycles. The quantitative estimate of drug-likeness (QED) is 0.569. The van der Waals surface area contributed by atoms with Gasteiger partial charge in [-0.1, -0.05) is 62.2 Å². The fourth-order valence-corrected chi connectivity index (χ4v) is 2.86. The third kappa shape index (κ3) is 2.08. The molecular weight excluding hydrogens is 216 g/mol. The third-order valence-corrected chi connectivity index (χ3v) is 3.82. The van der Waals surface area contributed by atoms with E-state index >= 15 is 0 Å². The number of unbranched alkanes of at least 4 members (excludes halogenated alkanes) is 2. The summed E-state index contributed by atoms with van der Waals surface area (Å²) in [4.78, 5) is 0. The van der Waals surface area contributed by atoms with Gasteiger partial charge in [-0.3, -0.25) is 0 Å². The summed E-state index contributed by atoms with van der Waals surface area (Å²) in [7, 11) is 0. The summed E-state index contributed by atoms with van der Waals surface area (Å²) in [5.41, 5.74) is 7.32. The predicted molar refractivity (Wildman–Crippen MR) is 77.6 cm³/mol. The monoisotopic (exact) mass is 235 g/mol. The minimum Gasteiger partial charge on any atom is -0.0619 e. The average molecular weight is 235 g/mol. The van der Waals surface area contributed by atoms with Gasteiger partial charge in [0.15, 0.2) is 0 Å². The van der Waals surface area contributed by atoms with E-state index in [0.29, 0.717) is 0 Å². The number of fused-ring (bicyclic) bond motifs is 3. The molecule has 91 valence electrons. The molecule has 18 heavy (non-hydrogen) atoms. The molecule has 0 heterocycles. The normalized spacial score (nSPS) is 12.3. The summed E-state index contributed by atoms with van der Waals surface area (Å²) in [5.74, 6) is 0. The second kappa shape index (κ2) is 4.97. The Morgan fingerprint density at radius 1 is 0.889 bits per heavy atom. The lowest BCUT2D eigenvalue weighted by Gasteiger charge is -2.05. The first-order valence-electron chi connectivity index (χ1n) is 6.88. The molecule has 0 saturated heterocycles. The molecule has 0 fully saturated rings. The molecule has 3 rings (SSSR count). The maximum absolute atomic E-state index is 3.90. The number of aryl methyl sites for hydroxylation is 1. The molecule has 0 N–H and O–H groups in total. The lowest BCUT2D eigenvalue weighted by molar-refractivity contribution is 0.746. The molecule has 1 radical (unpaired) electrons. The molecule has 0 aliphatic heterocycles. The molecule has 1 aliphatic rings. The molecule has 0 spiro atoms. The first kappa shape index (κ1) is 11.5. The van der Waals surface area contributed by atoms with Gasteiger partial charge in [-0.25, -0.2) is 0 Å². The number of rotatable bonds is 4. The van der Waals surface area contributed by atoms with E-state index in [2.05, 4.69) is 49.4 Å². The highest BCUT2D eigenvalue weighted by atomic mass is 14.2. The summed E-state index contributed by atoms with van der Waals surface area (Å²) < 4.78 is 0. The maximum Gasteiger partial charge on any atom is -0.00134 e. The van der Waals surface area contributed by atoms with Crippen molar-refractivity contribution in [1.82, 2.24) is 0 Å². The molecule has 0 amide bonds. The Kier molecular flexibility index (Phi) is 3.19. The molecule has 0 bridgehead atoms. The van der Waals surface area contributed by atoms with Gasteiger partial charge in [-0.05, 0) is 47.1 Å². The van der Waals surface area contributed by atoms with Gasteiger partial charge in [-0.2, -0.15) is 0 Å². The average Bonchev–Trinajstić information content (AvgIpc) is 2.76. The fourth-order valence-electron chi connectivity index (χ4n) is 2.86. The van der Waals surface area contributed by atoms with Crippen molar-refractivity contribution >= 4 is 0 Å². The highest BCUT2D eigenvalue weighted by Crippen LogP contribution is 2.36. The Labute approximate surface area is 110 Å². The summed E-state index contributed by atoms with van der Waals surface area (Å²) in [6.07, 6.45) is 5.84. The van der Waals surface area contributed by atoms with Gasteiger partial charge in [0.2, 0.25) is 0 Å². The Morgan fingerprint density at radius 2 is 1.72 bits per heavy atom. The standard InChI is InChI=1S/C18H19/c1-2-3-4-7-14-10-11-18-16(12-14)13-15-8-5-6-9-17(15)18/h5-6,8-12H,1-4,7,13H2. The van der Waals surface area contributed by atoms with Gasteiger partial charge in [0.1, 0.15) is 0 Å². The van der Waals surface area contributed by atoms with Gasteiger partial charge in [0, 0.05) is 0 Å². The van der Waals surface area contributed by atoms with Gasteiger partial charge in [-0.15, -0.1) is 0 Å². The zero-order valence-electron chi connectivity index (χ0n) is 10.8. The van der Waals surface area contributed by atoms with Gasteiger partial charge < -0.3 is 0 Å². The molecule has 2 aromatic rings. The summed E-state index contributed by atoms with van der Waals surface area (Å²) in [6, 6.07) is 15.8. The van der Waals surface area contributed by atoms with Gasteiger partial charge >= 0.3 is 0 Å². The zero-order chi connectivity index (χ0) is 12.4. The van der Waals surface area contributed by atoms with Crippen LogP contribution in [0.1, 0.15) is 36.0 Å². The summed E-state index contributed by atoms with van der Waals surface area (Å²) in [6.45, 7) is 3.90. The van der Waals surface area contributed by atoms with Crippen molar-refractivity contribution in [2.24, 2.45) is 0 Å². The molecule has 0 saturated carbocycles. The van der Waals surface area contributed by atoms with Crippen LogP contribution < -0.4 is 0 Å². The van der Waals surface area contributed by atoms with E-state index in [4.69, 9.17) is 0 Å². The first-order valence-corrected chi connectivity index (χ1v) is 6.88. The van der Waals surface area contributed by atoms with E-state index in [9.17, 15) is 0 Å². The lowest BCUT2D eigenvalue weighted by atomic mass is 10.0. The van der Waals surface area contributed by atoms with Gasteiger partial charge in [0.05, 0.1) is 0 Å². The van der Waals surface area contributed by atoms with Crippen LogP contribution in [0.4, 0.5) is 0 Å². The molecule has 0 nitrogen and oxygen atoms in total. The Bertz CT molecular complexity index is 552. The smallest absolute Gasteiger partial charge is 0.00134 e. The van der Waals surface area contributed by atoms with E-state index in [0.717, 1.165) is 12.8 Å². The fraction of sp³-hybridized carbons (Fsp3) is 0.278. The maximum atomic E-state index is 3.90. The minimum absolute atomic E-state index is 1.05. The van der Waals surface area contributed by atoms with E-state index in [1.807, 2.05) is 0 Å². The molecule has 0 atom stereocenters. The van der Waals surface area contributed by atoms with Crippen LogP contribution in [0.2, 0.25) is 0 Å². The van der Waals surface area contributed by atoms with Crippen molar-refractivity contribution in [2.75, 3.05) is 0 Å². The van der Waals surface area contributed by atoms with E-state index < -0.39 is 0 Å². The third-order valence-electron chi connectivity index (χ3n) is 3.82. The molecule has 0 heteroatoms. The van der Waals surface area contributed by atoms with E-state index in [-0.39, 0.29) is 0 Å². The SMILES string of the molecule is [CH2]CCCCc1ccc2c(c1)Cc1ccccc1-2. The van der Waals surface area contributed by atoms with Crippen molar-refractivity contribution in [1.29, 1.82) is 0 Å². The van der Waals surface area contributed by atoms with Crippen LogP contribution in [-0.4, -0.2) is 0 Å². The number of hydrogen-bond donors (Lipinski definition) is 0. The molecule has 2 aromatic carbocycles. The Balaban J connectivity index is 1.84. The molecule has 0 aromatic heterocycles. The molecule has 0 unspecified atom stereocenters. The van der Waals surface area contributed by atoms with Crippen LogP contribution in [0.5, 0.6) is 0 Å². The second-order valence-electron chi connectivity index (χ2n) is 5.14. The zero-order valence-corrected chi connectivity index (χ0v) is 10.8. The van der Waals surface area contributed by atoms with Crippen molar-refractivity contribution in [3.63, 3.8) is 0 Å². The summed E-state index contributed by atoms with van der Waals surface area (Å²) >= 11 is 0. The van der Waals surface area contributed by atoms with Crippen molar-refractivity contribution in [3.05, 3.63) is 66.1 Å². The van der Waals surface area contributed by atoms with Crippen LogP contribution in [0.25, 0.3) is 11.1 Å². The predicted octanol–water partition coefficient (Wildman–Crippen LogP) is 4.80. The highest BCUT2D eigenvalue weighted by molar-refractivity contribution is 5.76. The minimum atomic E-state index is 1.05. The van der Waals surface area contributed by atoms with Crippen LogP contribution >= 0.6 is 0 Å². The second-order valence-corrected chi connectivity index (χ2v) is 5.14. The van der Waals surface area contributed by atoms with Crippen molar-refractivity contribution in [2.45, 2.75) is 32.1 Å². The highest BCUT2D eigenvalue weighted by Gasteiger charge is 2.17. The topological polar surface area (TPSA) is 0 Å². The van der Waals surface area contributed by atoms with E-state index in [1.54, 1.807) is 0 Å². The van der Waals surface area contributed by atoms with E-state index in [1.165, 1.54) is 47.1 Å². The summed E-state index contributed by atoms with van der Waals surface area (Å²) in [5, 5.41) is 0. The molecular formula is C18H19. The largest absolute Gasteiger partial charge is 0.0619 e. The van der Waals surface area contributed by atoms with Gasteiger partial charge in [0.25, 0.3) is 0 Å². The first-order chi connectivity index (χ1) is 8.88. The number of benzene rings is 2. The van der Waals surface area contributed by atoms with Crippen LogP contribution in [0.3, 0.4) is 0 Å². The van der Waals surface area contributed by atoms with Crippen LogP contribution in [0, 0.1) is 6.92 Å². The number of hydrogen-bond acceptors (Lipinski definition) is 0. The van der Waals surface area contributed by atoms with Crippen molar-refractivity contribution < 1.29 is 0 Å². The van der Waals surface area contributed by atoms with Crippen molar-refractivity contribution in [3.8, 4) is 11.1 Å². The lowest BCUT2D eigenvalue weighted by Crippen LogP contribution is -1.88. The Hall–Kier alpha value is -1.56. The Morgan fingerprint density at radius 3 is 2.61 bits per heavy atom.